The van der Waals surface area contributed by atoms with Crippen LogP contribution in [0, 0.1) is 5.82 Å². The van der Waals surface area contributed by atoms with Crippen LogP contribution in [0.1, 0.15) is 40.3 Å². The number of hydrogen-bond donors (Lipinski definition) is 1. The number of rotatable bonds is 4. The number of halogens is 1. The van der Waals surface area contributed by atoms with E-state index < -0.39 is 11.7 Å². The van der Waals surface area contributed by atoms with E-state index in [2.05, 4.69) is 15.2 Å². The van der Waals surface area contributed by atoms with Crippen molar-refractivity contribution in [2.24, 2.45) is 0 Å². The van der Waals surface area contributed by atoms with Crippen molar-refractivity contribution in [1.29, 1.82) is 0 Å². The molecule has 0 saturated carbocycles. The zero-order valence-corrected chi connectivity index (χ0v) is 20.3. The molecule has 0 bridgehead atoms. The van der Waals surface area contributed by atoms with Gasteiger partial charge in [-0.25, -0.2) is 14.2 Å². The van der Waals surface area contributed by atoms with Crippen molar-refractivity contribution in [2.45, 2.75) is 59.0 Å². The summed E-state index contributed by atoms with van der Waals surface area (Å²) < 4.78 is 26.7. The van der Waals surface area contributed by atoms with Gasteiger partial charge < -0.3 is 19.7 Å². The van der Waals surface area contributed by atoms with Crippen LogP contribution >= 0.6 is 0 Å². The Balaban J connectivity index is 1.59. The van der Waals surface area contributed by atoms with Crippen LogP contribution < -0.4 is 10.2 Å². The van der Waals surface area contributed by atoms with Gasteiger partial charge in [0, 0.05) is 35.6 Å². The number of benzene rings is 1. The van der Waals surface area contributed by atoms with Gasteiger partial charge in [-0.3, -0.25) is 4.98 Å². The highest BCUT2D eigenvalue weighted by molar-refractivity contribution is 5.87. The third-order valence-electron chi connectivity index (χ3n) is 5.46. The van der Waals surface area contributed by atoms with Crippen LogP contribution in [0.2, 0.25) is 0 Å². The van der Waals surface area contributed by atoms with Gasteiger partial charge in [-0.2, -0.15) is 0 Å². The molecule has 1 aromatic carbocycles. The van der Waals surface area contributed by atoms with Crippen molar-refractivity contribution in [3.8, 4) is 11.3 Å². The van der Waals surface area contributed by atoms with Crippen LogP contribution in [0.25, 0.3) is 22.0 Å². The maximum Gasteiger partial charge on any atom is 0.407 e. The maximum absolute atomic E-state index is 15.6. The molecule has 0 unspecified atom stereocenters. The number of ether oxygens (including phenoxy) is 2. The van der Waals surface area contributed by atoms with E-state index in [0.29, 0.717) is 27.7 Å². The van der Waals surface area contributed by atoms with Crippen molar-refractivity contribution in [1.82, 2.24) is 15.3 Å². The largest absolute Gasteiger partial charge is 0.444 e. The Bertz CT molecular complexity index is 1180. The number of carbonyl (C=O) groups excluding carboxylic acids is 1. The predicted molar refractivity (Wildman–Crippen MR) is 130 cm³/mol. The minimum atomic E-state index is -0.596. The van der Waals surface area contributed by atoms with Crippen LogP contribution in [0.5, 0.6) is 0 Å². The third kappa shape index (κ3) is 5.62. The van der Waals surface area contributed by atoms with E-state index in [1.165, 1.54) is 0 Å². The summed E-state index contributed by atoms with van der Waals surface area (Å²) in [7, 11) is 0. The van der Waals surface area contributed by atoms with Crippen molar-refractivity contribution in [2.75, 3.05) is 18.0 Å². The number of nitrogens with one attached hydrogen (secondary N) is 1. The normalized spacial score (nSPS) is 18.7. The molecule has 4 rings (SSSR count). The first-order valence-corrected chi connectivity index (χ1v) is 11.5. The second-order valence-corrected chi connectivity index (χ2v) is 9.72. The molecule has 1 aliphatic heterocycles. The van der Waals surface area contributed by atoms with Crippen LogP contribution in [0.4, 0.5) is 15.0 Å². The molecule has 8 heteroatoms. The summed E-state index contributed by atoms with van der Waals surface area (Å²) in [5.74, 6) is 0.433. The zero-order chi connectivity index (χ0) is 24.5. The van der Waals surface area contributed by atoms with Crippen LogP contribution in [0.3, 0.4) is 0 Å². The fourth-order valence-corrected chi connectivity index (χ4v) is 4.11. The second-order valence-electron chi connectivity index (χ2n) is 9.72. The van der Waals surface area contributed by atoms with Gasteiger partial charge in [-0.1, -0.05) is 12.1 Å². The highest BCUT2D eigenvalue weighted by Crippen LogP contribution is 2.30. The van der Waals surface area contributed by atoms with E-state index in [9.17, 15) is 4.79 Å². The Morgan fingerprint density at radius 1 is 1.21 bits per heavy atom. The average molecular weight is 467 g/mol. The highest BCUT2D eigenvalue weighted by atomic mass is 19.1. The lowest BCUT2D eigenvalue weighted by atomic mass is 10.0. The van der Waals surface area contributed by atoms with E-state index in [1.54, 1.807) is 39.1 Å². The number of alkyl carbamates (subject to hydrolysis) is 1. The fourth-order valence-electron chi connectivity index (χ4n) is 4.11. The van der Waals surface area contributed by atoms with Gasteiger partial charge in [-0.05, 0) is 58.9 Å². The van der Waals surface area contributed by atoms with Gasteiger partial charge >= 0.3 is 6.09 Å². The molecular formula is C26H31FN4O3. The molecule has 1 N–H and O–H groups in total. The average Bonchev–Trinajstić information content (AvgIpc) is 2.76. The number of fused-ring (bicyclic) bond motifs is 1. The number of carbonyl (C=O) groups is 1. The lowest BCUT2D eigenvalue weighted by Crippen LogP contribution is -2.45. The molecule has 34 heavy (non-hydrogen) atoms. The molecule has 2 atom stereocenters. The minimum Gasteiger partial charge on any atom is -0.444 e. The monoisotopic (exact) mass is 466 g/mol. The van der Waals surface area contributed by atoms with Gasteiger partial charge in [-0.15, -0.1) is 0 Å². The molecular weight excluding hydrogens is 435 g/mol. The highest BCUT2D eigenvalue weighted by Gasteiger charge is 2.24. The fraction of sp³-hybridized carbons (Fsp3) is 0.423. The van der Waals surface area contributed by atoms with Crippen molar-refractivity contribution in [3.05, 3.63) is 54.1 Å². The van der Waals surface area contributed by atoms with Crippen LogP contribution in [0.15, 0.2) is 42.6 Å². The van der Waals surface area contributed by atoms with E-state index >= 15 is 4.39 Å². The van der Waals surface area contributed by atoms with E-state index in [-0.39, 0.29) is 24.6 Å². The number of amides is 1. The van der Waals surface area contributed by atoms with Crippen LogP contribution in [-0.2, 0) is 16.0 Å². The minimum absolute atomic E-state index is 0.104. The molecule has 1 aliphatic rings. The number of morpholine rings is 1. The quantitative estimate of drug-likeness (QED) is 0.578. The Morgan fingerprint density at radius 3 is 2.65 bits per heavy atom. The summed E-state index contributed by atoms with van der Waals surface area (Å²) in [6, 6.07) is 10.9. The molecule has 180 valence electrons. The maximum atomic E-state index is 15.6. The number of pyridine rings is 2. The standard InChI is InChI=1S/C26H31FN4O3/c1-16-14-31(15-17(2)33-16)23-8-6-7-22(30-23)20-10-9-18-12-28-19(11-21(18)24(20)27)13-29-25(32)34-26(3,4)5/h6-12,16-17H,13-15H2,1-5H3,(H,29,32)/t16-,17+. The topological polar surface area (TPSA) is 76.6 Å². The molecule has 1 amide bonds. The van der Waals surface area contributed by atoms with Gasteiger partial charge in [0.05, 0.1) is 30.1 Å². The number of hydrogen-bond acceptors (Lipinski definition) is 6. The molecule has 0 spiro atoms. The molecule has 7 nitrogen and oxygen atoms in total. The molecule has 0 radical (unpaired) electrons. The molecule has 0 aliphatic carbocycles. The Kier molecular flexibility index (Phi) is 6.70. The van der Waals surface area contributed by atoms with Crippen molar-refractivity contribution < 1.29 is 18.7 Å². The van der Waals surface area contributed by atoms with Crippen molar-refractivity contribution in [3.63, 3.8) is 0 Å². The summed E-state index contributed by atoms with van der Waals surface area (Å²) >= 11 is 0. The van der Waals surface area contributed by atoms with E-state index in [0.717, 1.165) is 18.9 Å². The summed E-state index contributed by atoms with van der Waals surface area (Å²) in [6.07, 6.45) is 1.27. The third-order valence-corrected chi connectivity index (χ3v) is 5.46. The lowest BCUT2D eigenvalue weighted by Gasteiger charge is -2.36. The Morgan fingerprint density at radius 2 is 1.94 bits per heavy atom. The van der Waals surface area contributed by atoms with E-state index in [1.807, 2.05) is 38.1 Å². The smallest absolute Gasteiger partial charge is 0.407 e. The molecule has 3 heterocycles. The van der Waals surface area contributed by atoms with Crippen LogP contribution in [-0.4, -0.2) is 47.0 Å². The molecule has 1 fully saturated rings. The zero-order valence-electron chi connectivity index (χ0n) is 20.3. The first kappa shape index (κ1) is 23.9. The molecule has 2 aromatic heterocycles. The SMILES string of the molecule is C[C@@H]1CN(c2cccc(-c3ccc4cnc(CNC(=O)OC(C)(C)C)cc4c3F)n2)C[C@H](C)O1. The van der Waals surface area contributed by atoms with Gasteiger partial charge in [0.25, 0.3) is 0 Å². The first-order valence-electron chi connectivity index (χ1n) is 11.5. The van der Waals surface area contributed by atoms with E-state index in [4.69, 9.17) is 14.5 Å². The van der Waals surface area contributed by atoms with Gasteiger partial charge in [0.15, 0.2) is 0 Å². The summed E-state index contributed by atoms with van der Waals surface area (Å²) in [5, 5.41) is 3.76. The molecule has 3 aromatic rings. The Labute approximate surface area is 199 Å². The summed E-state index contributed by atoms with van der Waals surface area (Å²) in [6.45, 7) is 11.1. The number of anilines is 1. The lowest BCUT2D eigenvalue weighted by molar-refractivity contribution is -0.00545. The van der Waals surface area contributed by atoms with Gasteiger partial charge in [0.2, 0.25) is 0 Å². The first-order chi connectivity index (χ1) is 16.1. The van der Waals surface area contributed by atoms with Gasteiger partial charge in [0.1, 0.15) is 17.2 Å². The Hall–Kier alpha value is -3.26. The van der Waals surface area contributed by atoms with Crippen molar-refractivity contribution >= 4 is 22.7 Å². The summed E-state index contributed by atoms with van der Waals surface area (Å²) in [4.78, 5) is 23.2. The predicted octanol–water partition coefficient (Wildman–Crippen LogP) is 5.07. The second kappa shape index (κ2) is 9.54. The molecule has 1 saturated heterocycles. The number of aromatic nitrogens is 2. The summed E-state index contributed by atoms with van der Waals surface area (Å²) in [5.41, 5.74) is 0.920. The number of nitrogens with zero attached hydrogens (tertiary/aromatic N) is 3.